The van der Waals surface area contributed by atoms with Gasteiger partial charge in [-0.2, -0.15) is 0 Å². The maximum atomic E-state index is 13.2. The van der Waals surface area contributed by atoms with Crippen molar-refractivity contribution in [3.8, 4) is 0 Å². The summed E-state index contributed by atoms with van der Waals surface area (Å²) in [6.07, 6.45) is 55.6. The van der Waals surface area contributed by atoms with Gasteiger partial charge in [-0.05, 0) is 83.5 Å². The van der Waals surface area contributed by atoms with E-state index in [1.165, 1.54) is 77.0 Å². The van der Waals surface area contributed by atoms with Crippen LogP contribution in [0.2, 0.25) is 0 Å². The van der Waals surface area contributed by atoms with Crippen molar-refractivity contribution in [1.82, 2.24) is 5.32 Å². The molecule has 3 unspecified atom stereocenters. The average molecular weight is 812 g/mol. The quantitative estimate of drug-likeness (QED) is 0.0324. The van der Waals surface area contributed by atoms with E-state index in [9.17, 15) is 19.8 Å². The molecule has 0 aromatic carbocycles. The summed E-state index contributed by atoms with van der Waals surface area (Å²) in [7, 11) is 0. The third kappa shape index (κ3) is 40.3. The Hall–Kier alpha value is -2.44. The first-order chi connectivity index (χ1) is 28.5. The fourth-order valence-corrected chi connectivity index (χ4v) is 7.19. The number of nitrogens with one attached hydrogen (secondary N) is 1. The molecule has 0 aromatic rings. The van der Waals surface area contributed by atoms with E-state index in [2.05, 4.69) is 86.8 Å². The minimum atomic E-state index is -0.796. The van der Waals surface area contributed by atoms with Gasteiger partial charge in [0.25, 0.3) is 0 Å². The van der Waals surface area contributed by atoms with Gasteiger partial charge in [0.15, 0.2) is 0 Å². The lowest BCUT2D eigenvalue weighted by Crippen LogP contribution is -2.46. The normalized spacial score (nSPS) is 13.8. The van der Waals surface area contributed by atoms with Gasteiger partial charge in [0.2, 0.25) is 5.91 Å². The number of aliphatic hydroxyl groups excluding tert-OH is 2. The number of esters is 1. The summed E-state index contributed by atoms with van der Waals surface area (Å²) < 4.78 is 5.90. The summed E-state index contributed by atoms with van der Waals surface area (Å²) in [5.74, 6) is -0.515. The smallest absolute Gasteiger partial charge is 0.306 e. The number of hydrogen-bond donors (Lipinski definition) is 3. The third-order valence-electron chi connectivity index (χ3n) is 10.8. The molecule has 0 fully saturated rings. The van der Waals surface area contributed by atoms with Crippen LogP contribution in [0.1, 0.15) is 233 Å². The molecule has 0 saturated heterocycles. The van der Waals surface area contributed by atoms with E-state index in [1.54, 1.807) is 0 Å². The lowest BCUT2D eigenvalue weighted by atomic mass is 10.0. The Morgan fingerprint density at radius 2 is 0.931 bits per heavy atom. The molecule has 0 radical (unpaired) electrons. The van der Waals surface area contributed by atoms with E-state index in [-0.39, 0.29) is 24.9 Å². The minimum Gasteiger partial charge on any atom is -0.462 e. The Balaban J connectivity index is 4.62. The first-order valence-electron chi connectivity index (χ1n) is 24.5. The number of allylic oxidation sites excluding steroid dienone is 10. The second-order valence-corrected chi connectivity index (χ2v) is 16.4. The van der Waals surface area contributed by atoms with Crippen LogP contribution in [0.15, 0.2) is 60.8 Å². The topological polar surface area (TPSA) is 95.9 Å². The molecular formula is C52H93NO5. The number of amides is 1. The molecule has 0 heterocycles. The van der Waals surface area contributed by atoms with Gasteiger partial charge in [0, 0.05) is 6.42 Å². The molecule has 58 heavy (non-hydrogen) atoms. The molecule has 0 bridgehead atoms. The molecule has 0 spiro atoms. The van der Waals surface area contributed by atoms with Crippen LogP contribution < -0.4 is 5.32 Å². The van der Waals surface area contributed by atoms with E-state index in [0.29, 0.717) is 19.3 Å². The molecule has 0 saturated carbocycles. The van der Waals surface area contributed by atoms with Gasteiger partial charge in [0.05, 0.1) is 25.2 Å². The van der Waals surface area contributed by atoms with Crippen molar-refractivity contribution < 1.29 is 24.5 Å². The minimum absolute atomic E-state index is 0.0575. The third-order valence-corrected chi connectivity index (χ3v) is 10.8. The van der Waals surface area contributed by atoms with Gasteiger partial charge in [-0.1, -0.05) is 197 Å². The Bertz CT molecular complexity index is 1050. The molecule has 336 valence electrons. The highest BCUT2D eigenvalue weighted by Gasteiger charge is 2.24. The molecule has 6 nitrogen and oxygen atoms in total. The summed E-state index contributed by atoms with van der Waals surface area (Å²) in [5, 5.41) is 23.7. The molecule has 3 N–H and O–H groups in total. The van der Waals surface area contributed by atoms with Crippen molar-refractivity contribution >= 4 is 11.9 Å². The van der Waals surface area contributed by atoms with Crippen molar-refractivity contribution in [1.29, 1.82) is 0 Å². The summed E-state index contributed by atoms with van der Waals surface area (Å²) in [6, 6.07) is -0.711. The van der Waals surface area contributed by atoms with E-state index in [0.717, 1.165) is 109 Å². The Labute approximate surface area is 358 Å². The fraction of sp³-hybridized carbons (Fsp3) is 0.769. The van der Waals surface area contributed by atoms with E-state index >= 15 is 0 Å². The SMILES string of the molecule is CC/C=C/C/C=C/C/C=C/CCCCCCC(=O)OC(CCCCCCC/C=C/C/C=C/CC)CC(=O)NC(CO)C(O)CCCCCCCCCCCCCCC. The van der Waals surface area contributed by atoms with Gasteiger partial charge in [-0.3, -0.25) is 9.59 Å². The first kappa shape index (κ1) is 55.6. The highest BCUT2D eigenvalue weighted by molar-refractivity contribution is 5.77. The predicted octanol–water partition coefficient (Wildman–Crippen LogP) is 14.5. The zero-order chi connectivity index (χ0) is 42.4. The van der Waals surface area contributed by atoms with Crippen molar-refractivity contribution in [3.63, 3.8) is 0 Å². The standard InChI is InChI=1S/C52H93NO5/c1-4-7-10-13-16-19-22-25-27-30-33-36-39-42-45-52(57)58-48(43-40-37-34-31-28-24-21-18-15-12-9-6-3)46-51(56)53-49(47-54)50(55)44-41-38-35-32-29-26-23-20-17-14-11-8-5-2/h7,9-10,12,16,18-19,21,25,27,48-50,54-55H,4-6,8,11,13-15,17,20,22-24,26,28-47H2,1-3H3,(H,53,56)/b10-7+,12-9+,19-16+,21-18+,27-25+. The largest absolute Gasteiger partial charge is 0.462 e. The first-order valence-corrected chi connectivity index (χ1v) is 24.5. The van der Waals surface area contributed by atoms with E-state index < -0.39 is 18.2 Å². The van der Waals surface area contributed by atoms with Crippen molar-refractivity contribution in [2.24, 2.45) is 0 Å². The van der Waals surface area contributed by atoms with Crippen molar-refractivity contribution in [3.05, 3.63) is 60.8 Å². The molecule has 0 aliphatic heterocycles. The molecule has 0 aromatic heterocycles. The number of aliphatic hydroxyl groups is 2. The van der Waals surface area contributed by atoms with Gasteiger partial charge in [-0.25, -0.2) is 0 Å². The maximum absolute atomic E-state index is 13.2. The van der Waals surface area contributed by atoms with Crippen molar-refractivity contribution in [2.45, 2.75) is 251 Å². The second-order valence-electron chi connectivity index (χ2n) is 16.4. The zero-order valence-electron chi connectivity index (χ0n) is 38.2. The van der Waals surface area contributed by atoms with Crippen LogP contribution in [0.25, 0.3) is 0 Å². The molecule has 0 aliphatic carbocycles. The maximum Gasteiger partial charge on any atom is 0.306 e. The number of hydrogen-bond acceptors (Lipinski definition) is 5. The van der Waals surface area contributed by atoms with Crippen LogP contribution in [0.3, 0.4) is 0 Å². The average Bonchev–Trinajstić information content (AvgIpc) is 3.22. The Kier molecular flexibility index (Phi) is 43.7. The number of carbonyl (C=O) groups is 2. The van der Waals surface area contributed by atoms with Crippen LogP contribution in [0.4, 0.5) is 0 Å². The van der Waals surface area contributed by atoms with Crippen LogP contribution in [-0.4, -0.2) is 46.9 Å². The summed E-state index contributed by atoms with van der Waals surface area (Å²) in [5.41, 5.74) is 0. The highest BCUT2D eigenvalue weighted by Crippen LogP contribution is 2.17. The van der Waals surface area contributed by atoms with E-state index in [4.69, 9.17) is 4.74 Å². The molecule has 3 atom stereocenters. The van der Waals surface area contributed by atoms with Gasteiger partial charge in [0.1, 0.15) is 6.10 Å². The molecule has 0 rings (SSSR count). The summed E-state index contributed by atoms with van der Waals surface area (Å²) in [6.45, 7) is 6.25. The van der Waals surface area contributed by atoms with Crippen molar-refractivity contribution in [2.75, 3.05) is 6.61 Å². The molecule has 0 aliphatic rings. The van der Waals surface area contributed by atoms with Gasteiger partial charge >= 0.3 is 5.97 Å². The van der Waals surface area contributed by atoms with Crippen LogP contribution >= 0.6 is 0 Å². The zero-order valence-corrected chi connectivity index (χ0v) is 38.2. The Morgan fingerprint density at radius 1 is 0.517 bits per heavy atom. The van der Waals surface area contributed by atoms with Crippen LogP contribution in [0, 0.1) is 0 Å². The van der Waals surface area contributed by atoms with Crippen LogP contribution in [0.5, 0.6) is 0 Å². The summed E-state index contributed by atoms with van der Waals surface area (Å²) >= 11 is 0. The molecule has 6 heteroatoms. The molecular weight excluding hydrogens is 719 g/mol. The Morgan fingerprint density at radius 3 is 1.41 bits per heavy atom. The monoisotopic (exact) mass is 812 g/mol. The fourth-order valence-electron chi connectivity index (χ4n) is 7.19. The number of unbranched alkanes of at least 4 members (excludes halogenated alkanes) is 21. The van der Waals surface area contributed by atoms with E-state index in [1.807, 2.05) is 0 Å². The van der Waals surface area contributed by atoms with Gasteiger partial charge in [-0.15, -0.1) is 0 Å². The summed E-state index contributed by atoms with van der Waals surface area (Å²) in [4.78, 5) is 26.1. The highest BCUT2D eigenvalue weighted by atomic mass is 16.5. The number of carbonyl (C=O) groups excluding carboxylic acids is 2. The number of ether oxygens (including phenoxy) is 1. The number of rotatable bonds is 43. The lowest BCUT2D eigenvalue weighted by molar-refractivity contribution is -0.151. The van der Waals surface area contributed by atoms with Gasteiger partial charge < -0.3 is 20.3 Å². The molecule has 1 amide bonds. The van der Waals surface area contributed by atoms with Crippen LogP contribution in [-0.2, 0) is 14.3 Å². The lowest BCUT2D eigenvalue weighted by Gasteiger charge is -2.24. The second kappa shape index (κ2) is 45.6. The predicted molar refractivity (Wildman–Crippen MR) is 250 cm³/mol.